The molecule has 1 aromatic carbocycles. The summed E-state index contributed by atoms with van der Waals surface area (Å²) in [5, 5.41) is 7.42. The molecule has 0 amide bonds. The van der Waals surface area contributed by atoms with E-state index in [0.717, 1.165) is 38.4 Å². The van der Waals surface area contributed by atoms with Crippen LogP contribution in [0, 0.1) is 0 Å². The maximum Gasteiger partial charge on any atom is 0.316 e. The zero-order valence-corrected chi connectivity index (χ0v) is 13.5. The molecule has 5 nitrogen and oxygen atoms in total. The molecule has 0 saturated carbocycles. The van der Waals surface area contributed by atoms with Crippen molar-refractivity contribution in [2.24, 2.45) is 0 Å². The Morgan fingerprint density at radius 2 is 1.73 bits per heavy atom. The topological polar surface area (TPSA) is 66.8 Å². The van der Waals surface area contributed by atoms with Gasteiger partial charge in [-0.05, 0) is 45.5 Å². The van der Waals surface area contributed by atoms with Crippen LogP contribution in [0.3, 0.4) is 0 Å². The van der Waals surface area contributed by atoms with E-state index in [9.17, 15) is 4.79 Å². The molecule has 0 spiro atoms. The predicted octanol–water partition coefficient (Wildman–Crippen LogP) is 2.30. The van der Waals surface area contributed by atoms with Crippen LogP contribution in [0.1, 0.15) is 32.3 Å². The molecule has 122 valence electrons. The highest BCUT2D eigenvalue weighted by atomic mass is 16.5. The maximum absolute atomic E-state index is 12.4. The van der Waals surface area contributed by atoms with Crippen molar-refractivity contribution in [3.63, 3.8) is 0 Å². The Bertz CT molecular complexity index is 475. The molecule has 1 aliphatic rings. The predicted molar refractivity (Wildman–Crippen MR) is 84.8 cm³/mol. The average molecular weight is 307 g/mol. The molecule has 1 N–H and O–H groups in total. The van der Waals surface area contributed by atoms with Crippen LogP contribution in [-0.4, -0.2) is 48.7 Å². The second kappa shape index (κ2) is 8.54. The van der Waals surface area contributed by atoms with Gasteiger partial charge in [0.2, 0.25) is 0 Å². The van der Waals surface area contributed by atoms with Crippen molar-refractivity contribution in [1.29, 1.82) is 0 Å². The highest BCUT2D eigenvalue weighted by Gasteiger charge is 2.43. The summed E-state index contributed by atoms with van der Waals surface area (Å²) in [5.41, 5.74) is 0.653. The number of hydrogen-bond donors (Lipinski definition) is 1. The van der Waals surface area contributed by atoms with Crippen LogP contribution in [0.15, 0.2) is 30.3 Å². The highest BCUT2D eigenvalue weighted by Crippen LogP contribution is 2.36. The molecule has 2 rings (SSSR count). The zero-order chi connectivity index (χ0) is 16.6. The summed E-state index contributed by atoms with van der Waals surface area (Å²) < 4.78 is 5.32. The average Bonchev–Trinajstić information content (AvgIpc) is 2.49. The maximum atomic E-state index is 12.4. The van der Waals surface area contributed by atoms with Gasteiger partial charge in [0.1, 0.15) is 0 Å². The van der Waals surface area contributed by atoms with Crippen molar-refractivity contribution in [3.8, 4) is 0 Å². The molecule has 5 heteroatoms. The first kappa shape index (κ1) is 18.2. The van der Waals surface area contributed by atoms with Crippen LogP contribution < -0.4 is 0 Å². The van der Waals surface area contributed by atoms with Gasteiger partial charge >= 0.3 is 5.97 Å². The van der Waals surface area contributed by atoms with E-state index < -0.39 is 11.4 Å². The van der Waals surface area contributed by atoms with Crippen molar-refractivity contribution in [2.75, 3.05) is 26.7 Å². The minimum absolute atomic E-state index is 0.0655. The number of piperidine rings is 1. The van der Waals surface area contributed by atoms with Gasteiger partial charge in [0.15, 0.2) is 0 Å². The van der Waals surface area contributed by atoms with E-state index in [1.165, 1.54) is 0 Å². The first-order chi connectivity index (χ1) is 10.4. The van der Waals surface area contributed by atoms with Crippen molar-refractivity contribution < 1.29 is 19.4 Å². The number of aliphatic carboxylic acids is 1. The Kier molecular flexibility index (Phi) is 7.05. The van der Waals surface area contributed by atoms with Crippen molar-refractivity contribution in [1.82, 2.24) is 4.90 Å². The normalized spacial score (nSPS) is 17.0. The summed E-state index contributed by atoms with van der Waals surface area (Å²) in [7, 11) is 2.10. The number of benzene rings is 1. The molecule has 0 bridgehead atoms. The van der Waals surface area contributed by atoms with E-state index in [-0.39, 0.29) is 5.97 Å². The summed E-state index contributed by atoms with van der Waals surface area (Å²) in [6.45, 7) is 5.27. The number of ether oxygens (including phenoxy) is 1. The molecule has 1 fully saturated rings. The number of esters is 1. The van der Waals surface area contributed by atoms with E-state index >= 15 is 0 Å². The summed E-state index contributed by atoms with van der Waals surface area (Å²) >= 11 is 0. The Hall–Kier alpha value is -1.88. The Morgan fingerprint density at radius 3 is 2.18 bits per heavy atom. The molecular weight excluding hydrogens is 282 g/mol. The largest absolute Gasteiger partial charge is 0.481 e. The number of rotatable bonds is 3. The molecular formula is C17H25NO4. The van der Waals surface area contributed by atoms with Gasteiger partial charge in [0, 0.05) is 6.92 Å². The summed E-state index contributed by atoms with van der Waals surface area (Å²) in [4.78, 5) is 23.7. The summed E-state index contributed by atoms with van der Waals surface area (Å²) in [5.74, 6) is -0.899. The van der Waals surface area contributed by atoms with E-state index in [1.807, 2.05) is 37.3 Å². The van der Waals surface area contributed by atoms with Gasteiger partial charge in [-0.1, -0.05) is 30.3 Å². The number of carbonyl (C=O) groups is 2. The van der Waals surface area contributed by atoms with Crippen LogP contribution in [-0.2, 0) is 19.7 Å². The molecule has 0 aromatic heterocycles. The second-order valence-electron chi connectivity index (χ2n) is 5.49. The fourth-order valence-electron chi connectivity index (χ4n) is 2.64. The quantitative estimate of drug-likeness (QED) is 0.868. The van der Waals surface area contributed by atoms with E-state index in [1.54, 1.807) is 0 Å². The lowest BCUT2D eigenvalue weighted by Crippen LogP contribution is -2.47. The van der Waals surface area contributed by atoms with Crippen molar-refractivity contribution >= 4 is 11.9 Å². The molecule has 1 saturated heterocycles. The van der Waals surface area contributed by atoms with Gasteiger partial charge in [-0.2, -0.15) is 0 Å². The van der Waals surface area contributed by atoms with Gasteiger partial charge < -0.3 is 14.7 Å². The smallest absolute Gasteiger partial charge is 0.316 e. The fourth-order valence-corrected chi connectivity index (χ4v) is 2.64. The summed E-state index contributed by atoms with van der Waals surface area (Å²) in [6, 6.07) is 10.1. The fraction of sp³-hybridized carbons (Fsp3) is 0.529. The minimum atomic E-state index is -0.833. The van der Waals surface area contributed by atoms with Crippen molar-refractivity contribution in [2.45, 2.75) is 32.1 Å². The Morgan fingerprint density at radius 1 is 1.23 bits per heavy atom. The number of carbonyl (C=O) groups excluding carboxylic acids is 1. The van der Waals surface area contributed by atoms with Gasteiger partial charge in [0.25, 0.3) is 5.97 Å². The number of likely N-dealkylation sites (tertiary alicyclic amines) is 1. The first-order valence-corrected chi connectivity index (χ1v) is 7.53. The van der Waals surface area contributed by atoms with Gasteiger partial charge in [-0.15, -0.1) is 0 Å². The van der Waals surface area contributed by atoms with Gasteiger partial charge in [-0.3, -0.25) is 9.59 Å². The number of nitrogens with zero attached hydrogens (tertiary/aromatic N) is 1. The van der Waals surface area contributed by atoms with Crippen LogP contribution in [0.5, 0.6) is 0 Å². The lowest BCUT2D eigenvalue weighted by atomic mass is 9.73. The van der Waals surface area contributed by atoms with E-state index in [0.29, 0.717) is 6.61 Å². The first-order valence-electron chi connectivity index (χ1n) is 7.53. The second-order valence-corrected chi connectivity index (χ2v) is 5.49. The molecule has 1 heterocycles. The molecule has 22 heavy (non-hydrogen) atoms. The Labute approximate surface area is 131 Å². The highest BCUT2D eigenvalue weighted by molar-refractivity contribution is 5.83. The molecule has 1 aromatic rings. The third kappa shape index (κ3) is 4.84. The molecule has 1 aliphatic heterocycles. The van der Waals surface area contributed by atoms with Gasteiger partial charge in [0.05, 0.1) is 12.0 Å². The minimum Gasteiger partial charge on any atom is -0.481 e. The third-order valence-corrected chi connectivity index (χ3v) is 3.83. The standard InChI is InChI=1S/C15H21NO2.C2H4O2/c1-3-18-14(17)15(9-11-16(2)12-10-15)13-7-5-4-6-8-13;1-2(3)4/h4-8H,3,9-12H2,1-2H3;1H3,(H,3,4). The van der Waals surface area contributed by atoms with Gasteiger partial charge in [-0.25, -0.2) is 0 Å². The molecule has 0 aliphatic carbocycles. The lowest BCUT2D eigenvalue weighted by molar-refractivity contribution is -0.152. The molecule has 0 unspecified atom stereocenters. The number of carboxylic acids is 1. The third-order valence-electron chi connectivity index (χ3n) is 3.83. The summed E-state index contributed by atoms with van der Waals surface area (Å²) in [6.07, 6.45) is 1.68. The van der Waals surface area contributed by atoms with Crippen LogP contribution in [0.25, 0.3) is 0 Å². The lowest BCUT2D eigenvalue weighted by Gasteiger charge is -2.38. The molecule has 0 atom stereocenters. The van der Waals surface area contributed by atoms with Crippen LogP contribution >= 0.6 is 0 Å². The number of carboxylic acid groups (broad SMARTS) is 1. The van der Waals surface area contributed by atoms with Crippen LogP contribution in [0.2, 0.25) is 0 Å². The Balaban J connectivity index is 0.000000541. The zero-order valence-electron chi connectivity index (χ0n) is 13.5. The monoisotopic (exact) mass is 307 g/mol. The molecule has 0 radical (unpaired) electrons. The van der Waals surface area contributed by atoms with E-state index in [2.05, 4.69) is 11.9 Å². The number of hydrogen-bond acceptors (Lipinski definition) is 4. The van der Waals surface area contributed by atoms with Crippen LogP contribution in [0.4, 0.5) is 0 Å². The SMILES string of the molecule is CC(=O)O.CCOC(=O)C1(c2ccccc2)CCN(C)CC1. The van der Waals surface area contributed by atoms with E-state index in [4.69, 9.17) is 14.6 Å². The van der Waals surface area contributed by atoms with Crippen molar-refractivity contribution in [3.05, 3.63) is 35.9 Å².